The van der Waals surface area contributed by atoms with E-state index in [1.807, 2.05) is 12.1 Å². The first-order valence-corrected chi connectivity index (χ1v) is 10.9. The van der Waals surface area contributed by atoms with Crippen molar-refractivity contribution in [2.24, 2.45) is 0 Å². The second-order valence-corrected chi connectivity index (χ2v) is 8.23. The normalized spacial score (nSPS) is 15.1. The van der Waals surface area contributed by atoms with Crippen molar-refractivity contribution in [3.63, 3.8) is 0 Å². The highest BCUT2D eigenvalue weighted by molar-refractivity contribution is 5.94. The number of nitrogens with one attached hydrogen (secondary N) is 2. The molecule has 0 radical (unpaired) electrons. The van der Waals surface area contributed by atoms with Gasteiger partial charge in [0.1, 0.15) is 5.82 Å². The molecular formula is C23H30F3N5O2. The lowest BCUT2D eigenvalue weighted by Gasteiger charge is -2.30. The number of carbonyl (C=O) groups excluding carboxylic acids is 1. The summed E-state index contributed by atoms with van der Waals surface area (Å²) in [6, 6.07) is 11.4. The molecule has 0 saturated carbocycles. The average molecular weight is 466 g/mol. The van der Waals surface area contributed by atoms with Gasteiger partial charge in [-0.05, 0) is 29.7 Å². The van der Waals surface area contributed by atoms with E-state index in [1.54, 1.807) is 24.1 Å². The number of aliphatic hydroxyl groups excluding tert-OH is 1. The molecule has 33 heavy (non-hydrogen) atoms. The van der Waals surface area contributed by atoms with Gasteiger partial charge >= 0.3 is 6.18 Å². The fourth-order valence-corrected chi connectivity index (χ4v) is 3.74. The molecule has 10 heteroatoms. The van der Waals surface area contributed by atoms with E-state index < -0.39 is 18.8 Å². The third kappa shape index (κ3) is 7.99. The van der Waals surface area contributed by atoms with E-state index in [2.05, 4.69) is 32.7 Å². The largest absolute Gasteiger partial charge is 0.401 e. The summed E-state index contributed by atoms with van der Waals surface area (Å²) in [7, 11) is 1.69. The number of aromatic nitrogens is 1. The number of aliphatic hydroxyl groups is 1. The molecule has 1 aromatic carbocycles. The number of halogens is 3. The summed E-state index contributed by atoms with van der Waals surface area (Å²) >= 11 is 0. The summed E-state index contributed by atoms with van der Waals surface area (Å²) in [5, 5.41) is 15.5. The van der Waals surface area contributed by atoms with Gasteiger partial charge in [-0.25, -0.2) is 4.98 Å². The monoisotopic (exact) mass is 465 g/mol. The first kappa shape index (κ1) is 24.9. The van der Waals surface area contributed by atoms with Crippen LogP contribution in [-0.4, -0.2) is 79.5 Å². The smallest absolute Gasteiger partial charge is 0.390 e. The van der Waals surface area contributed by atoms with E-state index >= 15 is 0 Å². The van der Waals surface area contributed by atoms with Crippen molar-refractivity contribution in [2.75, 3.05) is 51.2 Å². The van der Waals surface area contributed by atoms with Crippen molar-refractivity contribution in [3.05, 3.63) is 59.3 Å². The number of carbonyl (C=O) groups is 1. The standard InChI is InChI=1S/C23H30F3N5O2/c1-30(11-9-27-16-23(24,25)26)21-12-18(6-8-28-21)22(33)29-13-20(32)15-31-10-7-17-4-2-3-5-19(17)14-31/h2-6,8,12,20,27,32H,7,9-11,13-16H2,1H3,(H,29,33)/t20-/m0/s1. The molecule has 0 bridgehead atoms. The van der Waals surface area contributed by atoms with Crippen LogP contribution in [0.1, 0.15) is 21.5 Å². The summed E-state index contributed by atoms with van der Waals surface area (Å²) in [5.41, 5.74) is 2.97. The Bertz CT molecular complexity index is 925. The number of alkyl halides is 3. The number of rotatable bonds is 10. The zero-order valence-corrected chi connectivity index (χ0v) is 18.6. The number of benzene rings is 1. The van der Waals surface area contributed by atoms with Crippen LogP contribution in [0.3, 0.4) is 0 Å². The topological polar surface area (TPSA) is 80.7 Å². The molecule has 0 fully saturated rings. The predicted molar refractivity (Wildman–Crippen MR) is 120 cm³/mol. The Balaban J connectivity index is 1.43. The molecule has 0 unspecified atom stereocenters. The van der Waals surface area contributed by atoms with E-state index in [-0.39, 0.29) is 19.0 Å². The zero-order valence-electron chi connectivity index (χ0n) is 18.6. The van der Waals surface area contributed by atoms with Crippen molar-refractivity contribution >= 4 is 11.7 Å². The molecule has 3 N–H and O–H groups in total. The Hall–Kier alpha value is -2.69. The summed E-state index contributed by atoms with van der Waals surface area (Å²) in [6.07, 6.45) is -2.54. The van der Waals surface area contributed by atoms with Crippen molar-refractivity contribution < 1.29 is 23.1 Å². The van der Waals surface area contributed by atoms with Crippen LogP contribution in [0.15, 0.2) is 42.6 Å². The number of hydrogen-bond donors (Lipinski definition) is 3. The Morgan fingerprint density at radius 2 is 2.03 bits per heavy atom. The van der Waals surface area contributed by atoms with Crippen LogP contribution in [0, 0.1) is 0 Å². The summed E-state index contributed by atoms with van der Waals surface area (Å²) in [4.78, 5) is 20.6. The van der Waals surface area contributed by atoms with Crippen LogP contribution < -0.4 is 15.5 Å². The molecule has 0 aliphatic carbocycles. The quantitative estimate of drug-likeness (QED) is 0.465. The zero-order chi connectivity index (χ0) is 23.8. The number of fused-ring (bicyclic) bond motifs is 1. The molecule has 1 aromatic heterocycles. The van der Waals surface area contributed by atoms with Gasteiger partial charge in [-0.1, -0.05) is 24.3 Å². The molecule has 2 heterocycles. The van der Waals surface area contributed by atoms with Crippen LogP contribution >= 0.6 is 0 Å². The van der Waals surface area contributed by atoms with E-state index in [1.165, 1.54) is 17.3 Å². The minimum absolute atomic E-state index is 0.117. The summed E-state index contributed by atoms with van der Waals surface area (Å²) < 4.78 is 36.6. The van der Waals surface area contributed by atoms with Gasteiger partial charge in [0.05, 0.1) is 12.6 Å². The molecule has 1 atom stereocenters. The highest BCUT2D eigenvalue weighted by Gasteiger charge is 2.26. The van der Waals surface area contributed by atoms with Crippen molar-refractivity contribution in [1.82, 2.24) is 20.5 Å². The first-order chi connectivity index (χ1) is 15.7. The Kier molecular flexibility index (Phi) is 8.65. The van der Waals surface area contributed by atoms with Crippen molar-refractivity contribution in [3.8, 4) is 0 Å². The maximum Gasteiger partial charge on any atom is 0.401 e. The van der Waals surface area contributed by atoms with Gasteiger partial charge in [-0.3, -0.25) is 9.69 Å². The molecule has 0 spiro atoms. The minimum Gasteiger partial charge on any atom is -0.390 e. The highest BCUT2D eigenvalue weighted by atomic mass is 19.4. The van der Waals surface area contributed by atoms with Crippen LogP contribution in [0.4, 0.5) is 19.0 Å². The SMILES string of the molecule is CN(CCNCC(F)(F)F)c1cc(C(=O)NC[C@H](O)CN2CCc3ccccc3C2)ccn1. The molecule has 7 nitrogen and oxygen atoms in total. The second-order valence-electron chi connectivity index (χ2n) is 8.23. The molecule has 1 aliphatic heterocycles. The van der Waals surface area contributed by atoms with E-state index in [0.29, 0.717) is 24.5 Å². The Morgan fingerprint density at radius 1 is 1.27 bits per heavy atom. The number of nitrogens with zero attached hydrogens (tertiary/aromatic N) is 3. The minimum atomic E-state index is -4.25. The number of anilines is 1. The number of likely N-dealkylation sites (N-methyl/N-ethyl adjacent to an activating group) is 1. The molecular weight excluding hydrogens is 435 g/mol. The third-order valence-corrected chi connectivity index (χ3v) is 5.53. The summed E-state index contributed by atoms with van der Waals surface area (Å²) in [5.74, 6) is 0.134. The van der Waals surface area contributed by atoms with Gasteiger partial charge in [-0.2, -0.15) is 13.2 Å². The molecule has 2 aromatic rings. The number of β-amino-alcohol motifs (C(OH)–C–C–N with tert-alkyl or cyclic N) is 1. The van der Waals surface area contributed by atoms with Crippen LogP contribution in [0.25, 0.3) is 0 Å². The van der Waals surface area contributed by atoms with E-state index in [4.69, 9.17) is 0 Å². The number of pyridine rings is 1. The van der Waals surface area contributed by atoms with Crippen LogP contribution in [0.5, 0.6) is 0 Å². The van der Waals surface area contributed by atoms with Gasteiger partial charge in [-0.15, -0.1) is 0 Å². The second kappa shape index (κ2) is 11.4. The molecule has 1 amide bonds. The lowest BCUT2D eigenvalue weighted by molar-refractivity contribution is -0.124. The average Bonchev–Trinajstić information content (AvgIpc) is 2.79. The van der Waals surface area contributed by atoms with Gasteiger partial charge in [0.25, 0.3) is 5.91 Å². The van der Waals surface area contributed by atoms with Crippen LogP contribution in [0.2, 0.25) is 0 Å². The van der Waals surface area contributed by atoms with Crippen LogP contribution in [-0.2, 0) is 13.0 Å². The molecule has 3 rings (SSSR count). The summed E-state index contributed by atoms with van der Waals surface area (Å²) in [6.45, 7) is 1.59. The molecule has 180 valence electrons. The predicted octanol–water partition coefficient (Wildman–Crippen LogP) is 1.82. The van der Waals surface area contributed by atoms with Gasteiger partial charge < -0.3 is 20.6 Å². The highest BCUT2D eigenvalue weighted by Crippen LogP contribution is 2.18. The fraction of sp³-hybridized carbons (Fsp3) is 0.478. The van der Waals surface area contributed by atoms with E-state index in [0.717, 1.165) is 19.5 Å². The lowest BCUT2D eigenvalue weighted by atomic mass is 10.00. The maximum absolute atomic E-state index is 12.5. The van der Waals surface area contributed by atoms with E-state index in [9.17, 15) is 23.1 Å². The van der Waals surface area contributed by atoms with Gasteiger partial charge in [0, 0.05) is 58.1 Å². The van der Waals surface area contributed by atoms with Gasteiger partial charge in [0.15, 0.2) is 0 Å². The fourth-order valence-electron chi connectivity index (χ4n) is 3.74. The van der Waals surface area contributed by atoms with Crippen molar-refractivity contribution in [1.29, 1.82) is 0 Å². The maximum atomic E-state index is 12.5. The number of amides is 1. The van der Waals surface area contributed by atoms with Gasteiger partial charge in [0.2, 0.25) is 0 Å². The lowest BCUT2D eigenvalue weighted by Crippen LogP contribution is -2.42. The number of hydrogen-bond acceptors (Lipinski definition) is 6. The first-order valence-electron chi connectivity index (χ1n) is 10.9. The Labute approximate surface area is 191 Å². The molecule has 0 saturated heterocycles. The van der Waals surface area contributed by atoms with Crippen molar-refractivity contribution in [2.45, 2.75) is 25.2 Å². The third-order valence-electron chi connectivity index (χ3n) is 5.53. The Morgan fingerprint density at radius 3 is 2.79 bits per heavy atom. The molecule has 1 aliphatic rings.